The highest BCUT2D eigenvalue weighted by molar-refractivity contribution is 5.72. The van der Waals surface area contributed by atoms with Gasteiger partial charge in [-0.3, -0.25) is 4.79 Å². The van der Waals surface area contributed by atoms with Crippen molar-refractivity contribution in [2.75, 3.05) is 19.8 Å². The molecule has 0 rings (SSSR count). The highest BCUT2D eigenvalue weighted by atomic mass is 16.5. The van der Waals surface area contributed by atoms with Gasteiger partial charge in [-0.05, 0) is 13.3 Å². The van der Waals surface area contributed by atoms with Gasteiger partial charge in [-0.2, -0.15) is 0 Å². The Bertz CT molecular complexity index is 139. The molecule has 0 radical (unpaired) electrons. The molecule has 0 unspecified atom stereocenters. The minimum absolute atomic E-state index is 0.491. The molecule has 0 aromatic rings. The maximum absolute atomic E-state index is 10.4. The number of carboxylic acid groups (broad SMARTS) is 1. The van der Waals surface area contributed by atoms with E-state index in [1.807, 2.05) is 0 Å². The van der Waals surface area contributed by atoms with Gasteiger partial charge in [-0.15, -0.1) is 0 Å². The van der Waals surface area contributed by atoms with Crippen molar-refractivity contribution in [3.63, 3.8) is 0 Å². The van der Waals surface area contributed by atoms with Gasteiger partial charge in [0.15, 0.2) is 0 Å². The molecule has 4 nitrogen and oxygen atoms in total. The number of nitrogens with one attached hydrogen (secondary N) is 1. The van der Waals surface area contributed by atoms with Gasteiger partial charge < -0.3 is 15.2 Å². The van der Waals surface area contributed by atoms with Crippen LogP contribution >= 0.6 is 0 Å². The summed E-state index contributed by atoms with van der Waals surface area (Å²) in [6, 6.07) is -0.491. The fraction of sp³-hybridized carbons (Fsp3) is 0.889. The van der Waals surface area contributed by atoms with Gasteiger partial charge in [0.05, 0.1) is 6.61 Å². The zero-order valence-electron chi connectivity index (χ0n) is 8.38. The largest absolute Gasteiger partial charge is 0.480 e. The fourth-order valence-electron chi connectivity index (χ4n) is 0.783. The van der Waals surface area contributed by atoms with Crippen LogP contribution in [0.1, 0.15) is 26.7 Å². The summed E-state index contributed by atoms with van der Waals surface area (Å²) in [5.74, 6) is -0.825. The lowest BCUT2D eigenvalue weighted by molar-refractivity contribution is -0.139. The highest BCUT2D eigenvalue weighted by Crippen LogP contribution is 1.87. The number of carbonyl (C=O) groups is 1. The Kier molecular flexibility index (Phi) is 7.63. The van der Waals surface area contributed by atoms with E-state index in [1.54, 1.807) is 6.92 Å². The van der Waals surface area contributed by atoms with E-state index in [4.69, 9.17) is 9.84 Å². The molecule has 0 aromatic heterocycles. The molecule has 0 amide bonds. The van der Waals surface area contributed by atoms with Gasteiger partial charge in [0.2, 0.25) is 0 Å². The second-order valence-corrected chi connectivity index (χ2v) is 2.98. The smallest absolute Gasteiger partial charge is 0.320 e. The van der Waals surface area contributed by atoms with Gasteiger partial charge in [0.1, 0.15) is 6.04 Å². The van der Waals surface area contributed by atoms with Crippen molar-refractivity contribution in [3.8, 4) is 0 Å². The molecule has 0 spiro atoms. The van der Waals surface area contributed by atoms with Gasteiger partial charge >= 0.3 is 5.97 Å². The summed E-state index contributed by atoms with van der Waals surface area (Å²) in [6.45, 7) is 5.66. The highest BCUT2D eigenvalue weighted by Gasteiger charge is 2.07. The summed E-state index contributed by atoms with van der Waals surface area (Å²) in [5, 5.41) is 11.4. The van der Waals surface area contributed by atoms with Crippen molar-refractivity contribution in [1.29, 1.82) is 0 Å². The molecule has 0 saturated heterocycles. The molecule has 0 heterocycles. The van der Waals surface area contributed by atoms with Crippen molar-refractivity contribution >= 4 is 5.97 Å². The maximum atomic E-state index is 10.4. The van der Waals surface area contributed by atoms with E-state index < -0.39 is 12.0 Å². The zero-order chi connectivity index (χ0) is 10.1. The molecular formula is C9H19NO3. The Labute approximate surface area is 79.3 Å². The minimum Gasteiger partial charge on any atom is -0.480 e. The summed E-state index contributed by atoms with van der Waals surface area (Å²) in [5.41, 5.74) is 0. The van der Waals surface area contributed by atoms with Crippen LogP contribution in [0, 0.1) is 0 Å². The monoisotopic (exact) mass is 189 g/mol. The Morgan fingerprint density at radius 2 is 2.23 bits per heavy atom. The molecule has 13 heavy (non-hydrogen) atoms. The predicted molar refractivity (Wildman–Crippen MR) is 50.8 cm³/mol. The molecule has 78 valence electrons. The summed E-state index contributed by atoms with van der Waals surface area (Å²) in [6.07, 6.45) is 2.19. The number of ether oxygens (including phenoxy) is 1. The Hall–Kier alpha value is -0.610. The van der Waals surface area contributed by atoms with E-state index in [-0.39, 0.29) is 0 Å². The number of aliphatic carboxylic acids is 1. The third-order valence-electron chi connectivity index (χ3n) is 1.71. The molecule has 0 fully saturated rings. The lowest BCUT2D eigenvalue weighted by atomic mass is 10.3. The summed E-state index contributed by atoms with van der Waals surface area (Å²) >= 11 is 0. The van der Waals surface area contributed by atoms with Crippen LogP contribution in [0.2, 0.25) is 0 Å². The molecule has 0 aliphatic carbocycles. The zero-order valence-corrected chi connectivity index (χ0v) is 8.38. The van der Waals surface area contributed by atoms with E-state index in [1.165, 1.54) is 0 Å². The van der Waals surface area contributed by atoms with Crippen LogP contribution in [0.5, 0.6) is 0 Å². The van der Waals surface area contributed by atoms with Crippen LogP contribution < -0.4 is 5.32 Å². The van der Waals surface area contributed by atoms with Gasteiger partial charge in [-0.1, -0.05) is 13.3 Å². The quantitative estimate of drug-likeness (QED) is 0.556. The van der Waals surface area contributed by atoms with Crippen LogP contribution in [-0.2, 0) is 9.53 Å². The molecule has 0 saturated carbocycles. The first-order valence-electron chi connectivity index (χ1n) is 4.72. The predicted octanol–water partition coefficient (Wildman–Crippen LogP) is 0.866. The number of rotatable bonds is 8. The van der Waals surface area contributed by atoms with Crippen molar-refractivity contribution in [1.82, 2.24) is 5.32 Å². The second kappa shape index (κ2) is 8.01. The SMILES string of the molecule is CCCCOCCN[C@@H](C)C(=O)O. The van der Waals surface area contributed by atoms with E-state index in [9.17, 15) is 4.79 Å². The van der Waals surface area contributed by atoms with Crippen molar-refractivity contribution < 1.29 is 14.6 Å². The van der Waals surface area contributed by atoms with E-state index in [0.29, 0.717) is 13.2 Å². The Balaban J connectivity index is 3.11. The first-order chi connectivity index (χ1) is 6.18. The lowest BCUT2D eigenvalue weighted by Crippen LogP contribution is -2.35. The molecule has 1 atom stereocenters. The molecular weight excluding hydrogens is 170 g/mol. The standard InChI is InChI=1S/C9H19NO3/c1-3-4-6-13-7-5-10-8(2)9(11)12/h8,10H,3-7H2,1-2H3,(H,11,12)/t8-/m0/s1. The van der Waals surface area contributed by atoms with Crippen molar-refractivity contribution in [2.45, 2.75) is 32.7 Å². The van der Waals surface area contributed by atoms with Gasteiger partial charge in [0.25, 0.3) is 0 Å². The first kappa shape index (κ1) is 12.4. The molecule has 0 aromatic carbocycles. The summed E-state index contributed by atoms with van der Waals surface area (Å²) in [7, 11) is 0. The van der Waals surface area contributed by atoms with Crippen LogP contribution in [0.3, 0.4) is 0 Å². The van der Waals surface area contributed by atoms with Gasteiger partial charge in [0, 0.05) is 13.2 Å². The third kappa shape index (κ3) is 7.74. The van der Waals surface area contributed by atoms with Crippen LogP contribution in [0.25, 0.3) is 0 Å². The van der Waals surface area contributed by atoms with Crippen molar-refractivity contribution in [2.24, 2.45) is 0 Å². The van der Waals surface area contributed by atoms with Crippen molar-refractivity contribution in [3.05, 3.63) is 0 Å². The summed E-state index contributed by atoms with van der Waals surface area (Å²) in [4.78, 5) is 10.4. The number of hydrogen-bond acceptors (Lipinski definition) is 3. The number of unbranched alkanes of at least 4 members (excludes halogenated alkanes) is 1. The van der Waals surface area contributed by atoms with E-state index in [2.05, 4.69) is 12.2 Å². The normalized spacial score (nSPS) is 12.8. The maximum Gasteiger partial charge on any atom is 0.320 e. The van der Waals surface area contributed by atoms with Crippen LogP contribution in [0.15, 0.2) is 0 Å². The van der Waals surface area contributed by atoms with E-state index >= 15 is 0 Å². The van der Waals surface area contributed by atoms with Crippen LogP contribution in [-0.4, -0.2) is 36.9 Å². The molecule has 0 aliphatic rings. The topological polar surface area (TPSA) is 58.6 Å². The first-order valence-corrected chi connectivity index (χ1v) is 4.72. The molecule has 0 bridgehead atoms. The lowest BCUT2D eigenvalue weighted by Gasteiger charge is -2.08. The fourth-order valence-corrected chi connectivity index (χ4v) is 0.783. The minimum atomic E-state index is -0.825. The van der Waals surface area contributed by atoms with E-state index in [0.717, 1.165) is 19.4 Å². The average Bonchev–Trinajstić information content (AvgIpc) is 2.10. The number of hydrogen-bond donors (Lipinski definition) is 2. The molecule has 4 heteroatoms. The average molecular weight is 189 g/mol. The molecule has 2 N–H and O–H groups in total. The van der Waals surface area contributed by atoms with Crippen LogP contribution in [0.4, 0.5) is 0 Å². The van der Waals surface area contributed by atoms with Gasteiger partial charge in [-0.25, -0.2) is 0 Å². The Morgan fingerprint density at radius 3 is 2.77 bits per heavy atom. The third-order valence-corrected chi connectivity index (χ3v) is 1.71. The second-order valence-electron chi connectivity index (χ2n) is 2.98. The number of carboxylic acids is 1. The summed E-state index contributed by atoms with van der Waals surface area (Å²) < 4.78 is 5.25. The Morgan fingerprint density at radius 1 is 1.54 bits per heavy atom. The molecule has 0 aliphatic heterocycles.